The molecule has 8 rings (SSSR count). The number of methoxy groups -OCH3 is 2. The molecule has 6 heterocycles. The molecule has 2 aromatic carbocycles. The minimum Gasteiger partial charge on any atom is -0.497 e. The van der Waals surface area contributed by atoms with Gasteiger partial charge in [0.15, 0.2) is 22.9 Å². The van der Waals surface area contributed by atoms with E-state index in [1.54, 1.807) is 60.8 Å². The van der Waals surface area contributed by atoms with E-state index in [0.717, 1.165) is 39.3 Å². The molecular formula is C44H54N12O5Si. The van der Waals surface area contributed by atoms with Crippen LogP contribution in [-0.4, -0.2) is 101 Å². The highest BCUT2D eigenvalue weighted by Crippen LogP contribution is 2.27. The Balaban J connectivity index is 0.000000192. The van der Waals surface area contributed by atoms with Gasteiger partial charge in [-0.2, -0.15) is 10.2 Å². The Morgan fingerprint density at radius 2 is 1.26 bits per heavy atom. The molecule has 0 aliphatic heterocycles. The van der Waals surface area contributed by atoms with Crippen LogP contribution in [0.1, 0.15) is 62.3 Å². The molecule has 0 saturated carbocycles. The maximum absolute atomic E-state index is 13.2. The summed E-state index contributed by atoms with van der Waals surface area (Å²) in [6, 6.07) is 12.5. The summed E-state index contributed by atoms with van der Waals surface area (Å²) in [7, 11) is 2.04. The Hall–Kier alpha value is -6.66. The Bertz CT molecular complexity index is 2910. The van der Waals surface area contributed by atoms with E-state index >= 15 is 0 Å². The quantitative estimate of drug-likeness (QED) is 0.0864. The summed E-state index contributed by atoms with van der Waals surface area (Å²) in [6.45, 7) is 19.6. The number of carbonyl (C=O) groups excluding carboxylic acids is 2. The lowest BCUT2D eigenvalue weighted by atomic mass is 10.1. The predicted molar refractivity (Wildman–Crippen MR) is 242 cm³/mol. The van der Waals surface area contributed by atoms with Gasteiger partial charge in [0, 0.05) is 61.1 Å². The van der Waals surface area contributed by atoms with Gasteiger partial charge in [-0.1, -0.05) is 19.6 Å². The zero-order chi connectivity index (χ0) is 44.6. The first-order valence-corrected chi connectivity index (χ1v) is 24.0. The number of H-pyrrole nitrogens is 1. The first-order chi connectivity index (χ1) is 29.3. The molecule has 0 radical (unpaired) electrons. The molecule has 0 unspecified atom stereocenters. The largest absolute Gasteiger partial charge is 0.497 e. The zero-order valence-corrected chi connectivity index (χ0v) is 38.1. The summed E-state index contributed by atoms with van der Waals surface area (Å²) in [4.78, 5) is 47.3. The smallest absolute Gasteiger partial charge is 0.255 e. The molecule has 62 heavy (non-hydrogen) atoms. The molecule has 18 heteroatoms. The molecule has 0 aliphatic rings. The van der Waals surface area contributed by atoms with E-state index in [2.05, 4.69) is 60.4 Å². The Labute approximate surface area is 360 Å². The lowest BCUT2D eigenvalue weighted by molar-refractivity contribution is 0.0884. The number of amides is 2. The van der Waals surface area contributed by atoms with Gasteiger partial charge in [-0.15, -0.1) is 0 Å². The second kappa shape index (κ2) is 17.0. The highest BCUT2D eigenvalue weighted by Gasteiger charge is 2.24. The second-order valence-corrected chi connectivity index (χ2v) is 23.9. The third kappa shape index (κ3) is 9.76. The van der Waals surface area contributed by atoms with Crippen LogP contribution in [0.4, 0.5) is 0 Å². The molecule has 0 bridgehead atoms. The number of rotatable bonds is 11. The molecule has 0 spiro atoms. The number of carbonyl (C=O) groups is 2. The van der Waals surface area contributed by atoms with Crippen molar-refractivity contribution in [2.45, 2.75) is 85.0 Å². The number of aromatic nitrogens is 10. The van der Waals surface area contributed by atoms with Crippen LogP contribution in [-0.2, 0) is 11.5 Å². The molecule has 8 aromatic rings. The number of aromatic amines is 1. The molecule has 0 saturated heterocycles. The number of hydrogen-bond acceptors (Lipinski definition) is 11. The first-order valence-electron chi connectivity index (χ1n) is 20.3. The van der Waals surface area contributed by atoms with Crippen molar-refractivity contribution in [1.82, 2.24) is 59.7 Å². The van der Waals surface area contributed by atoms with Crippen LogP contribution in [0.25, 0.3) is 55.8 Å². The van der Waals surface area contributed by atoms with Crippen LogP contribution in [0.3, 0.4) is 0 Å². The van der Waals surface area contributed by atoms with E-state index < -0.39 is 8.07 Å². The molecule has 0 aliphatic carbocycles. The molecule has 0 fully saturated rings. The van der Waals surface area contributed by atoms with Crippen molar-refractivity contribution in [3.8, 4) is 23.1 Å². The SMILES string of the molecule is COc1ccc2cnn(-c3cnc4[nH]cc(C(=O)NC(C)(C)C)c4n3)c2c1.COc1ccc2cnn(-c3cnc4c(n3)c(C(=O)NC(C)(C)C)cn4COCC[Si](C)(C)C)c2c1. The van der Waals surface area contributed by atoms with Gasteiger partial charge in [0.2, 0.25) is 0 Å². The summed E-state index contributed by atoms with van der Waals surface area (Å²) in [5, 5.41) is 16.8. The summed E-state index contributed by atoms with van der Waals surface area (Å²) < 4.78 is 21.9. The minimum atomic E-state index is -1.20. The summed E-state index contributed by atoms with van der Waals surface area (Å²) in [6.07, 6.45) is 10.2. The standard InChI is InChI=1S/C25H34N6O3Si.C19H20N6O2/c1-25(2,3)29-24(32)19-15-30(16-34-10-11-35(5,6)7)23-22(19)28-21(14-26-23)31-20-12-18(33-4)9-8-17(20)13-27-31;1-19(2,3)24-18(26)13-9-20-17-16(13)23-15(10-21-17)25-14-7-12(27-4)6-5-11(14)8-22-25/h8-9,12-15H,10-11,16H2,1-7H3,(H,29,32);5-10H,1-4H3,(H,20,21)(H,24,26). The summed E-state index contributed by atoms with van der Waals surface area (Å²) in [5.74, 6) is 2.08. The number of nitrogens with one attached hydrogen (secondary N) is 3. The predicted octanol–water partition coefficient (Wildman–Crippen LogP) is 7.45. The van der Waals surface area contributed by atoms with Crippen molar-refractivity contribution in [3.63, 3.8) is 0 Å². The van der Waals surface area contributed by atoms with E-state index in [1.807, 2.05) is 82.5 Å². The maximum Gasteiger partial charge on any atom is 0.255 e. The van der Waals surface area contributed by atoms with E-state index in [0.29, 0.717) is 58.4 Å². The maximum atomic E-state index is 13.2. The second-order valence-electron chi connectivity index (χ2n) is 18.3. The summed E-state index contributed by atoms with van der Waals surface area (Å²) >= 11 is 0. The fraction of sp³-hybridized carbons (Fsp3) is 0.364. The van der Waals surface area contributed by atoms with Gasteiger partial charge in [0.25, 0.3) is 11.8 Å². The average Bonchev–Trinajstić information content (AvgIpc) is 4.01. The third-order valence-electron chi connectivity index (χ3n) is 9.60. The molecule has 2 amide bonds. The highest BCUT2D eigenvalue weighted by atomic mass is 28.3. The van der Waals surface area contributed by atoms with Gasteiger partial charge >= 0.3 is 0 Å². The normalized spacial score (nSPS) is 12.2. The van der Waals surface area contributed by atoms with Crippen LogP contribution >= 0.6 is 0 Å². The van der Waals surface area contributed by atoms with Gasteiger partial charge in [-0.3, -0.25) is 9.59 Å². The third-order valence-corrected chi connectivity index (χ3v) is 11.3. The van der Waals surface area contributed by atoms with Gasteiger partial charge in [0.1, 0.15) is 29.3 Å². The highest BCUT2D eigenvalue weighted by molar-refractivity contribution is 6.76. The first kappa shape index (κ1) is 43.4. The van der Waals surface area contributed by atoms with Crippen LogP contribution < -0.4 is 20.1 Å². The fourth-order valence-electron chi connectivity index (χ4n) is 6.54. The van der Waals surface area contributed by atoms with Gasteiger partial charge in [0.05, 0.1) is 61.2 Å². The Kier molecular flexibility index (Phi) is 11.9. The van der Waals surface area contributed by atoms with Crippen molar-refractivity contribution in [2.75, 3.05) is 20.8 Å². The zero-order valence-electron chi connectivity index (χ0n) is 37.1. The van der Waals surface area contributed by atoms with Crippen LogP contribution in [0.2, 0.25) is 25.7 Å². The monoisotopic (exact) mass is 858 g/mol. The number of fused-ring (bicyclic) bond motifs is 4. The van der Waals surface area contributed by atoms with Gasteiger partial charge < -0.3 is 34.4 Å². The molecule has 17 nitrogen and oxygen atoms in total. The van der Waals surface area contributed by atoms with Crippen LogP contribution in [0, 0.1) is 0 Å². The average molecular weight is 859 g/mol. The van der Waals surface area contributed by atoms with Gasteiger partial charge in [-0.05, 0) is 71.9 Å². The van der Waals surface area contributed by atoms with Crippen LogP contribution in [0.15, 0.2) is 73.6 Å². The minimum absolute atomic E-state index is 0.202. The van der Waals surface area contributed by atoms with Crippen molar-refractivity contribution in [2.24, 2.45) is 0 Å². The topological polar surface area (TPSA) is 194 Å². The van der Waals surface area contributed by atoms with Crippen molar-refractivity contribution < 1.29 is 23.8 Å². The van der Waals surface area contributed by atoms with E-state index in [1.165, 1.54) is 0 Å². The number of hydrogen-bond donors (Lipinski definition) is 3. The van der Waals surface area contributed by atoms with Crippen LogP contribution in [0.5, 0.6) is 11.5 Å². The molecule has 324 valence electrons. The van der Waals surface area contributed by atoms with E-state index in [4.69, 9.17) is 19.2 Å². The molecular weight excluding hydrogens is 805 g/mol. The van der Waals surface area contributed by atoms with E-state index in [-0.39, 0.29) is 22.9 Å². The molecule has 3 N–H and O–H groups in total. The number of ether oxygens (including phenoxy) is 3. The van der Waals surface area contributed by atoms with Gasteiger partial charge in [-0.25, -0.2) is 29.3 Å². The van der Waals surface area contributed by atoms with Crippen molar-refractivity contribution in [3.05, 3.63) is 84.7 Å². The van der Waals surface area contributed by atoms with Crippen molar-refractivity contribution in [1.29, 1.82) is 0 Å². The fourth-order valence-corrected chi connectivity index (χ4v) is 7.30. The lowest BCUT2D eigenvalue weighted by Gasteiger charge is -2.20. The Morgan fingerprint density at radius 3 is 1.79 bits per heavy atom. The number of nitrogens with zero attached hydrogens (tertiary/aromatic N) is 9. The summed E-state index contributed by atoms with van der Waals surface area (Å²) in [5.41, 5.74) is 3.99. The Morgan fingerprint density at radius 1 is 0.726 bits per heavy atom. The van der Waals surface area contributed by atoms with Crippen molar-refractivity contribution >= 4 is 64.0 Å². The molecule has 0 atom stereocenters. The lowest BCUT2D eigenvalue weighted by Crippen LogP contribution is -2.40. The van der Waals surface area contributed by atoms with E-state index in [9.17, 15) is 9.59 Å². The number of benzene rings is 2. The molecule has 6 aromatic heterocycles.